The second kappa shape index (κ2) is 8.14. The minimum Gasteiger partial charge on any atom is -0.304 e. The Morgan fingerprint density at radius 1 is 1.19 bits per heavy atom. The van der Waals surface area contributed by atoms with Crippen LogP contribution in [0, 0.1) is 12.8 Å². The molecule has 166 valence electrons. The first-order valence-corrected chi connectivity index (χ1v) is 10.9. The number of piperidine rings is 2. The van der Waals surface area contributed by atoms with E-state index in [9.17, 15) is 18.0 Å². The van der Waals surface area contributed by atoms with Crippen LogP contribution in [0.2, 0.25) is 5.02 Å². The topological polar surface area (TPSA) is 23.6 Å². The molecule has 0 spiro atoms. The number of likely N-dealkylation sites (N-methyl/N-ethyl adjacent to an activating group) is 1. The van der Waals surface area contributed by atoms with Gasteiger partial charge in [-0.3, -0.25) is 9.69 Å². The van der Waals surface area contributed by atoms with Gasteiger partial charge in [-0.25, -0.2) is 0 Å². The fraction of sp³-hybridized carbons (Fsp3) is 0.458. The first kappa shape index (κ1) is 22.2. The Morgan fingerprint density at radius 2 is 1.87 bits per heavy atom. The second-order valence-electron chi connectivity index (χ2n) is 8.89. The van der Waals surface area contributed by atoms with Gasteiger partial charge in [0.05, 0.1) is 22.3 Å². The van der Waals surface area contributed by atoms with Crippen LogP contribution in [0.25, 0.3) is 0 Å². The second-order valence-corrected chi connectivity index (χ2v) is 9.27. The first-order chi connectivity index (χ1) is 14.7. The van der Waals surface area contributed by atoms with E-state index in [2.05, 4.69) is 11.9 Å². The molecule has 3 nitrogen and oxygen atoms in total. The van der Waals surface area contributed by atoms with Gasteiger partial charge in [0.1, 0.15) is 0 Å². The Morgan fingerprint density at radius 3 is 2.45 bits per heavy atom. The summed E-state index contributed by atoms with van der Waals surface area (Å²) >= 11 is 6.27. The molecular formula is C24H26ClF3N2O. The average molecular weight is 451 g/mol. The number of aryl methyl sites for hydroxylation is 1. The zero-order valence-electron chi connectivity index (χ0n) is 17.6. The molecule has 1 saturated carbocycles. The van der Waals surface area contributed by atoms with E-state index in [-0.39, 0.29) is 11.2 Å². The molecule has 2 aromatic rings. The van der Waals surface area contributed by atoms with Crippen molar-refractivity contribution in [1.82, 2.24) is 4.90 Å². The van der Waals surface area contributed by atoms with E-state index in [4.69, 9.17) is 11.6 Å². The standard InChI is InChI=1S/C24H26ClF3N2O/c1-16-5-3-6-18(13-16)22(23-11-9-17(10-12-23)14-29(23)2)30(15-31)20-8-4-7-19(21(20)25)24(26,27)28/h3-8,13,15,17,22H,9-12,14H2,1-2H3. The highest BCUT2D eigenvalue weighted by atomic mass is 35.5. The minimum absolute atomic E-state index is 0.0912. The van der Waals surface area contributed by atoms with E-state index >= 15 is 0 Å². The van der Waals surface area contributed by atoms with Gasteiger partial charge in [0, 0.05) is 12.1 Å². The van der Waals surface area contributed by atoms with Crippen molar-refractivity contribution in [2.45, 2.75) is 50.4 Å². The van der Waals surface area contributed by atoms with Crippen LogP contribution in [0.3, 0.4) is 0 Å². The Hall–Kier alpha value is -2.05. The van der Waals surface area contributed by atoms with Crippen molar-refractivity contribution >= 4 is 23.7 Å². The number of hydrogen-bond acceptors (Lipinski definition) is 2. The van der Waals surface area contributed by atoms with Gasteiger partial charge in [-0.2, -0.15) is 13.2 Å². The summed E-state index contributed by atoms with van der Waals surface area (Å²) in [5, 5.41) is -0.441. The Kier molecular flexibility index (Phi) is 5.81. The number of alkyl halides is 3. The normalized spacial score (nSPS) is 24.8. The highest BCUT2D eigenvalue weighted by Crippen LogP contribution is 2.52. The van der Waals surface area contributed by atoms with E-state index in [0.29, 0.717) is 12.3 Å². The van der Waals surface area contributed by atoms with E-state index in [0.717, 1.165) is 49.4 Å². The lowest BCUT2D eigenvalue weighted by molar-refractivity contribution is -0.137. The smallest absolute Gasteiger partial charge is 0.304 e. The SMILES string of the molecule is Cc1cccc(C(N(C=O)c2cccc(C(F)(F)F)c2Cl)C23CCC(CC2)CN3C)c1. The molecule has 0 N–H and O–H groups in total. The van der Waals surface area contributed by atoms with E-state index in [1.165, 1.54) is 17.0 Å². The van der Waals surface area contributed by atoms with Crippen molar-refractivity contribution in [1.29, 1.82) is 0 Å². The number of amides is 1. The molecule has 1 unspecified atom stereocenters. The summed E-state index contributed by atoms with van der Waals surface area (Å²) < 4.78 is 40.6. The van der Waals surface area contributed by atoms with Crippen molar-refractivity contribution < 1.29 is 18.0 Å². The molecule has 1 amide bonds. The van der Waals surface area contributed by atoms with Gasteiger partial charge in [0.2, 0.25) is 6.41 Å². The van der Waals surface area contributed by atoms with Gasteiger partial charge in [-0.05, 0) is 63.3 Å². The predicted molar refractivity (Wildman–Crippen MR) is 116 cm³/mol. The summed E-state index contributed by atoms with van der Waals surface area (Å²) in [5.41, 5.74) is 0.745. The number of hydrogen-bond donors (Lipinski definition) is 0. The number of carbonyl (C=O) groups excluding carboxylic acids is 1. The number of anilines is 1. The Labute approximate surface area is 185 Å². The molecule has 7 heteroatoms. The number of benzene rings is 2. The van der Waals surface area contributed by atoms with Gasteiger partial charge in [-0.15, -0.1) is 0 Å². The van der Waals surface area contributed by atoms with Crippen molar-refractivity contribution in [3.05, 3.63) is 64.2 Å². The maximum Gasteiger partial charge on any atom is 0.417 e. The fourth-order valence-corrected chi connectivity index (χ4v) is 5.89. The molecule has 2 saturated heterocycles. The molecule has 5 rings (SSSR count). The van der Waals surface area contributed by atoms with Crippen LogP contribution in [0.15, 0.2) is 42.5 Å². The summed E-state index contributed by atoms with van der Waals surface area (Å²) in [5.74, 6) is 0.631. The summed E-state index contributed by atoms with van der Waals surface area (Å²) in [7, 11) is 2.06. The number of carbonyl (C=O) groups is 1. The molecule has 0 radical (unpaired) electrons. The molecule has 0 aromatic heterocycles. The third-order valence-electron chi connectivity index (χ3n) is 7.08. The summed E-state index contributed by atoms with van der Waals surface area (Å²) in [6.07, 6.45) is -0.0944. The maximum absolute atomic E-state index is 13.5. The molecule has 3 aliphatic rings. The molecule has 31 heavy (non-hydrogen) atoms. The Balaban J connectivity index is 1.90. The Bertz CT molecular complexity index is 970. The van der Waals surface area contributed by atoms with E-state index < -0.39 is 22.8 Å². The van der Waals surface area contributed by atoms with Crippen LogP contribution < -0.4 is 4.90 Å². The maximum atomic E-state index is 13.5. The molecule has 1 aliphatic carbocycles. The molecule has 1 atom stereocenters. The van der Waals surface area contributed by atoms with Gasteiger partial charge in [0.15, 0.2) is 0 Å². The molecule has 2 heterocycles. The summed E-state index contributed by atoms with van der Waals surface area (Å²) in [6, 6.07) is 11.2. The highest BCUT2D eigenvalue weighted by molar-refractivity contribution is 6.34. The largest absolute Gasteiger partial charge is 0.417 e. The van der Waals surface area contributed by atoms with Crippen LogP contribution in [0.5, 0.6) is 0 Å². The lowest BCUT2D eigenvalue weighted by atomic mass is 9.65. The summed E-state index contributed by atoms with van der Waals surface area (Å²) in [4.78, 5) is 16.2. The third-order valence-corrected chi connectivity index (χ3v) is 7.48. The quantitative estimate of drug-likeness (QED) is 0.503. The highest BCUT2D eigenvalue weighted by Gasteiger charge is 2.52. The van der Waals surface area contributed by atoms with E-state index in [1.54, 1.807) is 0 Å². The van der Waals surface area contributed by atoms with Crippen LogP contribution in [0.4, 0.5) is 18.9 Å². The fourth-order valence-electron chi connectivity index (χ4n) is 5.56. The van der Waals surface area contributed by atoms with Crippen LogP contribution >= 0.6 is 11.6 Å². The zero-order chi connectivity index (χ0) is 22.4. The number of rotatable bonds is 5. The minimum atomic E-state index is -4.60. The van der Waals surface area contributed by atoms with Gasteiger partial charge < -0.3 is 4.90 Å². The lowest BCUT2D eigenvalue weighted by Gasteiger charge is -2.58. The van der Waals surface area contributed by atoms with E-state index in [1.807, 2.05) is 31.2 Å². The van der Waals surface area contributed by atoms with Gasteiger partial charge in [0.25, 0.3) is 0 Å². The van der Waals surface area contributed by atoms with Crippen molar-refractivity contribution in [3.8, 4) is 0 Å². The predicted octanol–water partition coefficient (Wildman–Crippen LogP) is 6.25. The molecule has 2 aliphatic heterocycles. The van der Waals surface area contributed by atoms with Crippen LogP contribution in [-0.4, -0.2) is 30.4 Å². The van der Waals surface area contributed by atoms with Crippen LogP contribution in [-0.2, 0) is 11.0 Å². The van der Waals surface area contributed by atoms with Gasteiger partial charge in [-0.1, -0.05) is 47.5 Å². The van der Waals surface area contributed by atoms with Crippen molar-refractivity contribution in [2.24, 2.45) is 5.92 Å². The monoisotopic (exact) mass is 450 g/mol. The number of nitrogens with zero attached hydrogens (tertiary/aromatic N) is 2. The average Bonchev–Trinajstić information content (AvgIpc) is 2.72. The molecular weight excluding hydrogens is 425 g/mol. The van der Waals surface area contributed by atoms with Crippen molar-refractivity contribution in [2.75, 3.05) is 18.5 Å². The first-order valence-electron chi connectivity index (χ1n) is 10.5. The van der Waals surface area contributed by atoms with Gasteiger partial charge >= 0.3 is 6.18 Å². The lowest BCUT2D eigenvalue weighted by Crippen LogP contribution is -2.62. The molecule has 2 bridgehead atoms. The molecule has 2 aromatic carbocycles. The van der Waals surface area contributed by atoms with Crippen LogP contribution in [0.1, 0.15) is 48.4 Å². The number of fused-ring (bicyclic) bond motifs is 3. The summed E-state index contributed by atoms with van der Waals surface area (Å²) in [6.45, 7) is 2.90. The van der Waals surface area contributed by atoms with Crippen molar-refractivity contribution in [3.63, 3.8) is 0 Å². The molecule has 3 fully saturated rings. The zero-order valence-corrected chi connectivity index (χ0v) is 18.4. The number of halogens is 4. The third kappa shape index (κ3) is 3.85.